The zero-order chi connectivity index (χ0) is 13.9. The van der Waals surface area contributed by atoms with Crippen LogP contribution >= 0.6 is 0 Å². The minimum Gasteiger partial charge on any atom is -0.469 e. The van der Waals surface area contributed by atoms with Gasteiger partial charge in [0, 0.05) is 18.8 Å². The number of carbonyl (C=O) groups excluding carboxylic acids is 1. The summed E-state index contributed by atoms with van der Waals surface area (Å²) in [6, 6.07) is 2.52. The lowest BCUT2D eigenvalue weighted by Crippen LogP contribution is -2.35. The lowest BCUT2D eigenvalue weighted by Gasteiger charge is -2.22. The number of aromatic nitrogens is 1. The van der Waals surface area contributed by atoms with Gasteiger partial charge < -0.3 is 9.30 Å². The number of esters is 1. The molecular formula is C11H14N2O5. The van der Waals surface area contributed by atoms with Crippen LogP contribution in [0.5, 0.6) is 0 Å². The number of nitrogens with zero attached hydrogens (tertiary/aromatic N) is 2. The van der Waals surface area contributed by atoms with Gasteiger partial charge in [0.15, 0.2) is 0 Å². The summed E-state index contributed by atoms with van der Waals surface area (Å²) in [6.07, 6.45) is 1.40. The van der Waals surface area contributed by atoms with Crippen LogP contribution in [0.2, 0.25) is 0 Å². The van der Waals surface area contributed by atoms with Crippen LogP contribution in [0.1, 0.15) is 13.8 Å². The van der Waals surface area contributed by atoms with Crippen molar-refractivity contribution in [3.8, 4) is 0 Å². The second kappa shape index (κ2) is 4.99. The molecule has 0 aromatic carbocycles. The maximum absolute atomic E-state index is 11.8. The summed E-state index contributed by atoms with van der Waals surface area (Å²) in [7, 11) is 1.25. The van der Waals surface area contributed by atoms with E-state index in [-0.39, 0.29) is 6.54 Å². The number of hydrogen-bond donors (Lipinski definition) is 0. The summed E-state index contributed by atoms with van der Waals surface area (Å²) >= 11 is 0. The molecule has 18 heavy (non-hydrogen) atoms. The molecule has 0 N–H and O–H groups in total. The van der Waals surface area contributed by atoms with Crippen molar-refractivity contribution in [1.82, 2.24) is 4.57 Å². The molecule has 7 nitrogen and oxygen atoms in total. The Kier molecular flexibility index (Phi) is 3.85. The van der Waals surface area contributed by atoms with Crippen molar-refractivity contribution in [3.63, 3.8) is 0 Å². The van der Waals surface area contributed by atoms with Crippen molar-refractivity contribution in [3.05, 3.63) is 38.8 Å². The van der Waals surface area contributed by atoms with Crippen LogP contribution in [0.3, 0.4) is 0 Å². The summed E-state index contributed by atoms with van der Waals surface area (Å²) in [6.45, 7) is 3.22. The first-order valence-corrected chi connectivity index (χ1v) is 5.22. The number of ether oxygens (including phenoxy) is 1. The SMILES string of the molecule is COC(=O)C(C)(C)Cn1cccc([N+](=O)[O-])c1=O. The van der Waals surface area contributed by atoms with Gasteiger partial charge in [0.25, 0.3) is 0 Å². The highest BCUT2D eigenvalue weighted by Gasteiger charge is 2.30. The average Bonchev–Trinajstić information content (AvgIpc) is 2.30. The number of nitro groups is 1. The van der Waals surface area contributed by atoms with E-state index in [9.17, 15) is 19.7 Å². The Morgan fingerprint density at radius 2 is 2.17 bits per heavy atom. The summed E-state index contributed by atoms with van der Waals surface area (Å²) in [5, 5.41) is 10.6. The molecule has 0 saturated carbocycles. The number of hydrogen-bond acceptors (Lipinski definition) is 5. The Balaban J connectivity index is 3.14. The molecule has 0 aliphatic rings. The standard InChI is InChI=1S/C11H14N2O5/c1-11(2,10(15)18-3)7-12-6-4-5-8(9(12)14)13(16)17/h4-6H,7H2,1-3H3. The largest absolute Gasteiger partial charge is 0.469 e. The van der Waals surface area contributed by atoms with E-state index in [0.29, 0.717) is 0 Å². The van der Waals surface area contributed by atoms with Crippen LogP contribution in [-0.4, -0.2) is 22.6 Å². The van der Waals surface area contributed by atoms with Gasteiger partial charge in [-0.05, 0) is 19.9 Å². The molecule has 0 aliphatic heterocycles. The number of methoxy groups -OCH3 is 1. The highest BCUT2D eigenvalue weighted by Crippen LogP contribution is 2.19. The van der Waals surface area contributed by atoms with Crippen LogP contribution in [-0.2, 0) is 16.1 Å². The summed E-state index contributed by atoms with van der Waals surface area (Å²) < 4.78 is 5.75. The Morgan fingerprint density at radius 1 is 1.56 bits per heavy atom. The zero-order valence-corrected chi connectivity index (χ0v) is 10.4. The summed E-state index contributed by atoms with van der Waals surface area (Å²) in [4.78, 5) is 33.1. The summed E-state index contributed by atoms with van der Waals surface area (Å²) in [5.41, 5.74) is -2.19. The smallest absolute Gasteiger partial charge is 0.334 e. The van der Waals surface area contributed by atoms with Gasteiger partial charge in [-0.25, -0.2) is 0 Å². The van der Waals surface area contributed by atoms with E-state index in [4.69, 9.17) is 0 Å². The normalized spacial score (nSPS) is 11.1. The van der Waals surface area contributed by atoms with Crippen LogP contribution in [0, 0.1) is 15.5 Å². The van der Waals surface area contributed by atoms with Crippen LogP contribution < -0.4 is 5.56 Å². The van der Waals surface area contributed by atoms with Gasteiger partial charge in [-0.15, -0.1) is 0 Å². The lowest BCUT2D eigenvalue weighted by molar-refractivity contribution is -0.386. The Morgan fingerprint density at radius 3 is 2.67 bits per heavy atom. The highest BCUT2D eigenvalue weighted by molar-refractivity contribution is 5.75. The fourth-order valence-electron chi connectivity index (χ4n) is 1.55. The molecular weight excluding hydrogens is 240 g/mol. The van der Waals surface area contributed by atoms with E-state index in [1.54, 1.807) is 13.8 Å². The fourth-order valence-corrected chi connectivity index (χ4v) is 1.55. The number of carbonyl (C=O) groups is 1. The second-order valence-corrected chi connectivity index (χ2v) is 4.46. The summed E-state index contributed by atoms with van der Waals surface area (Å²) in [5.74, 6) is -0.485. The van der Waals surface area contributed by atoms with Crippen LogP contribution in [0.4, 0.5) is 5.69 Å². The van der Waals surface area contributed by atoms with Gasteiger partial charge in [-0.1, -0.05) is 0 Å². The molecule has 0 amide bonds. The molecule has 0 atom stereocenters. The average molecular weight is 254 g/mol. The van der Waals surface area contributed by atoms with E-state index in [1.165, 1.54) is 19.4 Å². The fraction of sp³-hybridized carbons (Fsp3) is 0.455. The predicted molar refractivity (Wildman–Crippen MR) is 63.2 cm³/mol. The van der Waals surface area contributed by atoms with Crippen molar-refractivity contribution >= 4 is 11.7 Å². The molecule has 0 spiro atoms. The van der Waals surface area contributed by atoms with Gasteiger partial charge in [-0.3, -0.25) is 19.7 Å². The van der Waals surface area contributed by atoms with Gasteiger partial charge in [-0.2, -0.15) is 0 Å². The van der Waals surface area contributed by atoms with Crippen molar-refractivity contribution in [1.29, 1.82) is 0 Å². The maximum Gasteiger partial charge on any atom is 0.334 e. The van der Waals surface area contributed by atoms with Crippen molar-refractivity contribution in [2.75, 3.05) is 7.11 Å². The molecule has 0 unspecified atom stereocenters. The molecule has 0 saturated heterocycles. The van der Waals surface area contributed by atoms with Crippen molar-refractivity contribution in [2.45, 2.75) is 20.4 Å². The van der Waals surface area contributed by atoms with Gasteiger partial charge in [0.2, 0.25) is 0 Å². The molecule has 1 aromatic rings. The first-order chi connectivity index (χ1) is 8.29. The minimum absolute atomic E-state index is 0.0141. The Hall–Kier alpha value is -2.18. The topological polar surface area (TPSA) is 91.4 Å². The highest BCUT2D eigenvalue weighted by atomic mass is 16.6. The second-order valence-electron chi connectivity index (χ2n) is 4.46. The van der Waals surface area contributed by atoms with E-state index in [0.717, 1.165) is 10.6 Å². The lowest BCUT2D eigenvalue weighted by atomic mass is 9.93. The molecule has 0 fully saturated rings. The minimum atomic E-state index is -0.937. The van der Waals surface area contributed by atoms with Crippen LogP contribution in [0.15, 0.2) is 23.1 Å². The van der Waals surface area contributed by atoms with E-state index in [2.05, 4.69) is 4.74 Å². The Bertz CT molecular complexity index is 532. The van der Waals surface area contributed by atoms with Crippen molar-refractivity contribution in [2.24, 2.45) is 5.41 Å². The first-order valence-electron chi connectivity index (χ1n) is 5.22. The van der Waals surface area contributed by atoms with Gasteiger partial charge in [0.05, 0.1) is 17.4 Å². The van der Waals surface area contributed by atoms with Gasteiger partial charge >= 0.3 is 17.2 Å². The Labute approximate surface area is 103 Å². The van der Waals surface area contributed by atoms with Gasteiger partial charge in [0.1, 0.15) is 0 Å². The van der Waals surface area contributed by atoms with E-state index in [1.807, 2.05) is 0 Å². The molecule has 1 aromatic heterocycles. The third-order valence-corrected chi connectivity index (χ3v) is 2.50. The van der Waals surface area contributed by atoms with E-state index >= 15 is 0 Å². The maximum atomic E-state index is 11.8. The monoisotopic (exact) mass is 254 g/mol. The molecule has 0 radical (unpaired) electrons. The molecule has 1 heterocycles. The van der Waals surface area contributed by atoms with Crippen LogP contribution in [0.25, 0.3) is 0 Å². The quantitative estimate of drug-likeness (QED) is 0.453. The third kappa shape index (κ3) is 2.73. The molecule has 7 heteroatoms. The number of rotatable bonds is 4. The molecule has 1 rings (SSSR count). The molecule has 0 bridgehead atoms. The predicted octanol–water partition coefficient (Wildman–Crippen LogP) is 0.956. The third-order valence-electron chi connectivity index (χ3n) is 2.50. The molecule has 0 aliphatic carbocycles. The van der Waals surface area contributed by atoms with Crippen molar-refractivity contribution < 1.29 is 14.5 Å². The van der Waals surface area contributed by atoms with E-state index < -0.39 is 27.6 Å². The zero-order valence-electron chi connectivity index (χ0n) is 10.4. The first kappa shape index (κ1) is 13.9. The molecule has 98 valence electrons. The number of pyridine rings is 1.